The molecule has 2 rings (SSSR count). The Kier molecular flexibility index (Phi) is 7.43. The minimum atomic E-state index is -1.56. The molecule has 32 heavy (non-hydrogen) atoms. The molecule has 0 aliphatic carbocycles. The van der Waals surface area contributed by atoms with Crippen LogP contribution in [0.25, 0.3) is 0 Å². The van der Waals surface area contributed by atoms with E-state index >= 15 is 0 Å². The van der Waals surface area contributed by atoms with Gasteiger partial charge in [0.15, 0.2) is 0 Å². The molecule has 2 saturated heterocycles. The van der Waals surface area contributed by atoms with Gasteiger partial charge in [-0.25, -0.2) is 8.78 Å². The van der Waals surface area contributed by atoms with E-state index in [2.05, 4.69) is 0 Å². The van der Waals surface area contributed by atoms with Crippen molar-refractivity contribution in [2.24, 2.45) is 22.7 Å². The molecule has 0 bridgehead atoms. The molecule has 1 N–H and O–H groups in total. The van der Waals surface area contributed by atoms with Gasteiger partial charge in [-0.2, -0.15) is 0 Å². The van der Waals surface area contributed by atoms with E-state index in [0.29, 0.717) is 6.54 Å². The van der Waals surface area contributed by atoms with Gasteiger partial charge in [0, 0.05) is 24.9 Å². The van der Waals surface area contributed by atoms with Crippen molar-refractivity contribution in [3.8, 4) is 0 Å². The van der Waals surface area contributed by atoms with Gasteiger partial charge in [0.25, 0.3) is 11.8 Å². The van der Waals surface area contributed by atoms with Gasteiger partial charge in [0.2, 0.25) is 0 Å². The molecule has 2 aliphatic heterocycles. The number of halogens is 2. The maximum atomic E-state index is 14.9. The van der Waals surface area contributed by atoms with Crippen molar-refractivity contribution in [1.29, 1.82) is 0 Å². The molecule has 0 radical (unpaired) electrons. The molecular formula is C24H42F2N2O4. The summed E-state index contributed by atoms with van der Waals surface area (Å²) in [7, 11) is 0. The molecule has 8 heteroatoms. The first-order valence-corrected chi connectivity index (χ1v) is 11.5. The summed E-state index contributed by atoms with van der Waals surface area (Å²) in [6.07, 6.45) is -2.33. The van der Waals surface area contributed by atoms with E-state index in [1.165, 1.54) is 23.6 Å². The minimum absolute atomic E-state index is 0.0557. The van der Waals surface area contributed by atoms with E-state index < -0.39 is 40.8 Å². The second-order valence-corrected chi connectivity index (χ2v) is 12.4. The topological polar surface area (TPSA) is 70.1 Å². The first-order valence-electron chi connectivity index (χ1n) is 11.5. The zero-order valence-corrected chi connectivity index (χ0v) is 21.2. The Morgan fingerprint density at radius 3 is 1.69 bits per heavy atom. The monoisotopic (exact) mass is 460 g/mol. The molecule has 6 nitrogen and oxygen atoms in total. The van der Waals surface area contributed by atoms with Gasteiger partial charge in [0.05, 0.1) is 19.7 Å². The zero-order chi connectivity index (χ0) is 24.9. The van der Waals surface area contributed by atoms with E-state index in [0.717, 1.165) is 0 Å². The first kappa shape index (κ1) is 27.0. The van der Waals surface area contributed by atoms with E-state index in [4.69, 9.17) is 4.74 Å². The quantitative estimate of drug-likeness (QED) is 0.661. The largest absolute Gasteiger partial charge is 0.381 e. The molecule has 0 aromatic rings. The van der Waals surface area contributed by atoms with E-state index in [1.54, 1.807) is 13.8 Å². The van der Waals surface area contributed by atoms with Crippen molar-refractivity contribution in [1.82, 2.24) is 9.80 Å². The fourth-order valence-corrected chi connectivity index (χ4v) is 4.72. The number of nitrogens with zero attached hydrogens (tertiary/aromatic N) is 2. The molecule has 0 spiro atoms. The van der Waals surface area contributed by atoms with Crippen LogP contribution < -0.4 is 0 Å². The fraction of sp³-hybridized carbons (Fsp3) is 0.917. The SMILES string of the molecule is CC(C)(O)C(=O)N1CC(F)C(C(C)(C)COC(C)(C)C(=O)N2CC(F)C(C(C)(C)C)C2)C1. The Labute approximate surface area is 191 Å². The average Bonchev–Trinajstić information content (AvgIpc) is 3.21. The molecule has 4 unspecified atom stereocenters. The van der Waals surface area contributed by atoms with Crippen LogP contribution in [-0.2, 0) is 14.3 Å². The number of alkyl halides is 2. The number of amides is 2. The number of carbonyl (C=O) groups is 2. The summed E-state index contributed by atoms with van der Waals surface area (Å²) in [5.41, 5.74) is -3.64. The summed E-state index contributed by atoms with van der Waals surface area (Å²) in [5.74, 6) is -1.50. The van der Waals surface area contributed by atoms with Gasteiger partial charge in [-0.1, -0.05) is 34.6 Å². The fourth-order valence-electron chi connectivity index (χ4n) is 4.72. The molecule has 2 heterocycles. The van der Waals surface area contributed by atoms with Crippen molar-refractivity contribution in [3.63, 3.8) is 0 Å². The van der Waals surface area contributed by atoms with Crippen molar-refractivity contribution < 1.29 is 28.2 Å². The van der Waals surface area contributed by atoms with Gasteiger partial charge >= 0.3 is 0 Å². The third-order valence-electron chi connectivity index (χ3n) is 7.03. The molecule has 4 atom stereocenters. The van der Waals surface area contributed by atoms with Crippen molar-refractivity contribution >= 4 is 11.8 Å². The summed E-state index contributed by atoms with van der Waals surface area (Å²) in [4.78, 5) is 28.4. The smallest absolute Gasteiger partial charge is 0.254 e. The Balaban J connectivity index is 2.02. The predicted octanol–water partition coefficient (Wildman–Crippen LogP) is 3.22. The van der Waals surface area contributed by atoms with E-state index in [1.807, 2.05) is 34.6 Å². The van der Waals surface area contributed by atoms with Crippen LogP contribution in [0.5, 0.6) is 0 Å². The second-order valence-electron chi connectivity index (χ2n) is 12.4. The number of aliphatic hydroxyl groups is 1. The molecule has 2 aliphatic rings. The molecular weight excluding hydrogens is 418 g/mol. The number of likely N-dealkylation sites (tertiary alicyclic amines) is 2. The van der Waals surface area contributed by atoms with Crippen LogP contribution in [-0.4, -0.2) is 83.1 Å². The maximum Gasteiger partial charge on any atom is 0.254 e. The summed E-state index contributed by atoms with van der Waals surface area (Å²) in [6.45, 7) is 16.4. The van der Waals surface area contributed by atoms with Crippen molar-refractivity contribution in [2.45, 2.75) is 85.9 Å². The lowest BCUT2D eigenvalue weighted by atomic mass is 9.78. The zero-order valence-electron chi connectivity index (χ0n) is 21.2. The van der Waals surface area contributed by atoms with E-state index in [9.17, 15) is 23.5 Å². The third-order valence-corrected chi connectivity index (χ3v) is 7.03. The molecule has 186 valence electrons. The second kappa shape index (κ2) is 8.82. The molecule has 2 amide bonds. The maximum absolute atomic E-state index is 14.9. The Bertz CT molecular complexity index is 712. The van der Waals surface area contributed by atoms with Crippen LogP contribution in [0.4, 0.5) is 8.78 Å². The number of ether oxygens (including phenoxy) is 1. The Hall–Kier alpha value is -1.28. The summed E-state index contributed by atoms with van der Waals surface area (Å²) >= 11 is 0. The summed E-state index contributed by atoms with van der Waals surface area (Å²) < 4.78 is 35.4. The van der Waals surface area contributed by atoms with Crippen LogP contribution in [0.2, 0.25) is 0 Å². The molecule has 0 aromatic heterocycles. The highest BCUT2D eigenvalue weighted by molar-refractivity contribution is 5.85. The summed E-state index contributed by atoms with van der Waals surface area (Å²) in [6, 6.07) is 0. The van der Waals surface area contributed by atoms with Crippen LogP contribution >= 0.6 is 0 Å². The van der Waals surface area contributed by atoms with Crippen LogP contribution in [0, 0.1) is 22.7 Å². The van der Waals surface area contributed by atoms with Gasteiger partial charge in [0.1, 0.15) is 23.5 Å². The average molecular weight is 461 g/mol. The summed E-state index contributed by atoms with van der Waals surface area (Å²) in [5, 5.41) is 9.98. The lowest BCUT2D eigenvalue weighted by molar-refractivity contribution is -0.158. The molecule has 2 fully saturated rings. The normalized spacial score (nSPS) is 27.9. The number of hydrogen-bond acceptors (Lipinski definition) is 4. The van der Waals surface area contributed by atoms with Gasteiger partial charge in [-0.15, -0.1) is 0 Å². The molecule has 0 saturated carbocycles. The standard InChI is InChI=1S/C24H42F2N2O4/c1-21(2,3)15-10-28(12-17(15)25)20(30)24(8,9)32-14-22(4,5)16-11-27(13-18(16)26)19(29)23(6,7)31/h15-18,31H,10-14H2,1-9H3. The van der Waals surface area contributed by atoms with Crippen LogP contribution in [0.15, 0.2) is 0 Å². The van der Waals surface area contributed by atoms with Gasteiger partial charge in [-0.05, 0) is 38.5 Å². The highest BCUT2D eigenvalue weighted by Crippen LogP contribution is 2.39. The highest BCUT2D eigenvalue weighted by atomic mass is 19.1. The third kappa shape index (κ3) is 5.79. The van der Waals surface area contributed by atoms with Gasteiger partial charge in [-0.3, -0.25) is 9.59 Å². The van der Waals surface area contributed by atoms with E-state index in [-0.39, 0.29) is 43.5 Å². The predicted molar refractivity (Wildman–Crippen MR) is 119 cm³/mol. The van der Waals surface area contributed by atoms with Crippen molar-refractivity contribution in [3.05, 3.63) is 0 Å². The minimum Gasteiger partial charge on any atom is -0.381 e. The van der Waals surface area contributed by atoms with Gasteiger partial charge < -0.3 is 19.6 Å². The lowest BCUT2D eigenvalue weighted by Crippen LogP contribution is -2.49. The lowest BCUT2D eigenvalue weighted by Gasteiger charge is -2.37. The van der Waals surface area contributed by atoms with Crippen LogP contribution in [0.3, 0.4) is 0 Å². The number of rotatable bonds is 6. The van der Waals surface area contributed by atoms with Crippen LogP contribution in [0.1, 0.15) is 62.3 Å². The number of hydrogen-bond donors (Lipinski definition) is 1. The highest BCUT2D eigenvalue weighted by Gasteiger charge is 2.49. The Morgan fingerprint density at radius 1 is 0.812 bits per heavy atom. The number of carbonyl (C=O) groups excluding carboxylic acids is 2. The Morgan fingerprint density at radius 2 is 1.25 bits per heavy atom. The first-order chi connectivity index (χ1) is 14.3. The van der Waals surface area contributed by atoms with Crippen molar-refractivity contribution in [2.75, 3.05) is 32.8 Å². The molecule has 0 aromatic carbocycles.